The predicted octanol–water partition coefficient (Wildman–Crippen LogP) is 0.0594. The number of imidazole rings is 1. The van der Waals surface area contributed by atoms with E-state index in [1.807, 2.05) is 30.3 Å². The van der Waals surface area contributed by atoms with Crippen LogP contribution < -0.4 is 17.0 Å². The summed E-state index contributed by atoms with van der Waals surface area (Å²) in [5.74, 6) is -0.434. The second-order valence-electron chi connectivity index (χ2n) is 5.60. The Morgan fingerprint density at radius 1 is 1.16 bits per heavy atom. The summed E-state index contributed by atoms with van der Waals surface area (Å²) in [5, 5.41) is 0.457. The Balaban J connectivity index is 2.17. The second-order valence-corrected chi connectivity index (χ2v) is 6.54. The van der Waals surface area contributed by atoms with Crippen LogP contribution in [0.1, 0.15) is 5.56 Å². The van der Waals surface area contributed by atoms with Crippen LogP contribution in [0.25, 0.3) is 11.2 Å². The highest BCUT2D eigenvalue weighted by Gasteiger charge is 2.19. The van der Waals surface area contributed by atoms with Gasteiger partial charge in [-0.25, -0.2) is 9.78 Å². The lowest BCUT2D eigenvalue weighted by Crippen LogP contribution is -2.39. The van der Waals surface area contributed by atoms with E-state index in [1.165, 1.54) is 9.13 Å². The fourth-order valence-electron chi connectivity index (χ4n) is 2.59. The van der Waals surface area contributed by atoms with Gasteiger partial charge in [-0.3, -0.25) is 18.7 Å². The van der Waals surface area contributed by atoms with Crippen LogP contribution in [0, 0.1) is 0 Å². The topological polar surface area (TPSA) is 105 Å². The third-order valence-corrected chi connectivity index (χ3v) is 4.90. The van der Waals surface area contributed by atoms with Gasteiger partial charge in [0.2, 0.25) is 5.91 Å². The average molecular weight is 359 g/mol. The van der Waals surface area contributed by atoms with Crippen molar-refractivity contribution in [2.24, 2.45) is 19.8 Å². The zero-order valence-electron chi connectivity index (χ0n) is 13.8. The minimum Gasteiger partial charge on any atom is -0.369 e. The Bertz CT molecular complexity index is 1070. The van der Waals surface area contributed by atoms with E-state index in [0.717, 1.165) is 17.3 Å². The number of carbonyl (C=O) groups excluding carboxylic acids is 1. The first kappa shape index (κ1) is 17.0. The Morgan fingerprint density at radius 3 is 2.48 bits per heavy atom. The van der Waals surface area contributed by atoms with Gasteiger partial charge in [-0.1, -0.05) is 42.1 Å². The maximum absolute atomic E-state index is 12.9. The standard InChI is InChI=1S/C16H17N5O3S/c1-19-12-13(18-15(19)25-9-11(17)22)20(2)16(24)21(14(12)23)8-10-6-4-3-5-7-10/h3-7H,8-9H2,1-2H3,(H2,17,22). The molecule has 130 valence electrons. The van der Waals surface area contributed by atoms with Gasteiger partial charge in [0.15, 0.2) is 16.3 Å². The molecule has 3 rings (SSSR count). The highest BCUT2D eigenvalue weighted by atomic mass is 32.2. The molecule has 0 spiro atoms. The van der Waals surface area contributed by atoms with Crippen molar-refractivity contribution in [3.8, 4) is 0 Å². The molecule has 3 aromatic rings. The van der Waals surface area contributed by atoms with E-state index in [-0.39, 0.29) is 17.9 Å². The summed E-state index contributed by atoms with van der Waals surface area (Å²) in [6.45, 7) is 0.178. The fraction of sp³-hybridized carbons (Fsp3) is 0.250. The van der Waals surface area contributed by atoms with Crippen LogP contribution in [-0.4, -0.2) is 30.3 Å². The van der Waals surface area contributed by atoms with Crippen molar-refractivity contribution in [3.63, 3.8) is 0 Å². The van der Waals surface area contributed by atoms with Crippen molar-refractivity contribution in [2.75, 3.05) is 5.75 Å². The maximum Gasteiger partial charge on any atom is 0.332 e. The molecule has 0 saturated heterocycles. The molecule has 9 heteroatoms. The highest BCUT2D eigenvalue weighted by Crippen LogP contribution is 2.19. The van der Waals surface area contributed by atoms with E-state index >= 15 is 0 Å². The molecular formula is C16H17N5O3S. The summed E-state index contributed by atoms with van der Waals surface area (Å²) in [5.41, 5.74) is 5.76. The molecule has 0 atom stereocenters. The largest absolute Gasteiger partial charge is 0.369 e. The van der Waals surface area contributed by atoms with Crippen molar-refractivity contribution in [3.05, 3.63) is 56.7 Å². The molecule has 0 unspecified atom stereocenters. The fourth-order valence-corrected chi connectivity index (χ4v) is 3.30. The van der Waals surface area contributed by atoms with E-state index in [9.17, 15) is 14.4 Å². The van der Waals surface area contributed by atoms with Crippen LogP contribution in [0.5, 0.6) is 0 Å². The molecule has 2 N–H and O–H groups in total. The van der Waals surface area contributed by atoms with Gasteiger partial charge in [0, 0.05) is 14.1 Å². The summed E-state index contributed by atoms with van der Waals surface area (Å²) in [6, 6.07) is 9.29. The molecule has 1 aromatic carbocycles. The Hall–Kier alpha value is -2.81. The number of fused-ring (bicyclic) bond motifs is 1. The third-order valence-electron chi connectivity index (χ3n) is 3.85. The smallest absolute Gasteiger partial charge is 0.332 e. The first-order valence-corrected chi connectivity index (χ1v) is 8.50. The van der Waals surface area contributed by atoms with Crippen molar-refractivity contribution in [2.45, 2.75) is 11.7 Å². The number of carbonyl (C=O) groups is 1. The quantitative estimate of drug-likeness (QED) is 0.649. The van der Waals surface area contributed by atoms with Crippen LogP contribution in [0.3, 0.4) is 0 Å². The van der Waals surface area contributed by atoms with Gasteiger partial charge in [0.05, 0.1) is 12.3 Å². The van der Waals surface area contributed by atoms with E-state index in [0.29, 0.717) is 10.7 Å². The van der Waals surface area contributed by atoms with Crippen molar-refractivity contribution < 1.29 is 4.79 Å². The number of amides is 1. The average Bonchev–Trinajstić information content (AvgIpc) is 2.93. The van der Waals surface area contributed by atoms with Gasteiger partial charge in [-0.15, -0.1) is 0 Å². The molecule has 0 aliphatic rings. The Morgan fingerprint density at radius 2 is 1.84 bits per heavy atom. The summed E-state index contributed by atoms with van der Waals surface area (Å²) >= 11 is 1.13. The second kappa shape index (κ2) is 6.60. The van der Waals surface area contributed by atoms with E-state index in [2.05, 4.69) is 4.98 Å². The van der Waals surface area contributed by atoms with E-state index in [1.54, 1.807) is 18.7 Å². The van der Waals surface area contributed by atoms with Gasteiger partial charge in [-0.05, 0) is 5.56 Å². The van der Waals surface area contributed by atoms with Crippen LogP contribution in [-0.2, 0) is 25.4 Å². The molecular weight excluding hydrogens is 342 g/mol. The van der Waals surface area contributed by atoms with Crippen molar-refractivity contribution >= 4 is 28.8 Å². The number of rotatable bonds is 5. The molecule has 0 bridgehead atoms. The molecule has 0 fully saturated rings. The first-order chi connectivity index (χ1) is 11.9. The summed E-state index contributed by atoms with van der Waals surface area (Å²) in [4.78, 5) is 40.8. The molecule has 1 amide bonds. The van der Waals surface area contributed by atoms with Crippen molar-refractivity contribution in [1.82, 2.24) is 18.7 Å². The number of hydrogen-bond donors (Lipinski definition) is 1. The lowest BCUT2D eigenvalue weighted by atomic mass is 10.2. The molecule has 25 heavy (non-hydrogen) atoms. The highest BCUT2D eigenvalue weighted by molar-refractivity contribution is 7.99. The summed E-state index contributed by atoms with van der Waals surface area (Å²) in [7, 11) is 3.25. The Kier molecular flexibility index (Phi) is 4.49. The lowest BCUT2D eigenvalue weighted by Gasteiger charge is -2.08. The molecule has 0 aliphatic heterocycles. The molecule has 0 saturated carbocycles. The van der Waals surface area contributed by atoms with Crippen molar-refractivity contribution in [1.29, 1.82) is 0 Å². The van der Waals surface area contributed by atoms with Crippen LogP contribution in [0.15, 0.2) is 45.1 Å². The number of nitrogens with two attached hydrogens (primary N) is 1. The number of aryl methyl sites for hydroxylation is 2. The number of primary amides is 1. The Labute approximate surface area is 146 Å². The van der Waals surface area contributed by atoms with Gasteiger partial charge in [0.25, 0.3) is 5.56 Å². The minimum absolute atomic E-state index is 0.0450. The van der Waals surface area contributed by atoms with Gasteiger partial charge in [0.1, 0.15) is 0 Å². The van der Waals surface area contributed by atoms with Gasteiger partial charge < -0.3 is 10.3 Å². The van der Waals surface area contributed by atoms with Crippen LogP contribution in [0.4, 0.5) is 0 Å². The van der Waals surface area contributed by atoms with E-state index < -0.39 is 17.2 Å². The first-order valence-electron chi connectivity index (χ1n) is 7.51. The monoisotopic (exact) mass is 359 g/mol. The van der Waals surface area contributed by atoms with Crippen LogP contribution >= 0.6 is 11.8 Å². The zero-order chi connectivity index (χ0) is 18.1. The summed E-state index contributed by atoms with van der Waals surface area (Å²) < 4.78 is 4.11. The molecule has 2 aromatic heterocycles. The minimum atomic E-state index is -0.479. The third kappa shape index (κ3) is 3.10. The lowest BCUT2D eigenvalue weighted by molar-refractivity contribution is -0.115. The van der Waals surface area contributed by atoms with Gasteiger partial charge >= 0.3 is 5.69 Å². The number of nitrogens with zero attached hydrogens (tertiary/aromatic N) is 4. The zero-order valence-corrected chi connectivity index (χ0v) is 14.6. The number of aromatic nitrogens is 4. The maximum atomic E-state index is 12.9. The molecule has 0 radical (unpaired) electrons. The van der Waals surface area contributed by atoms with Crippen LogP contribution in [0.2, 0.25) is 0 Å². The normalized spacial score (nSPS) is 11.1. The summed E-state index contributed by atoms with van der Waals surface area (Å²) in [6.07, 6.45) is 0. The predicted molar refractivity (Wildman–Crippen MR) is 95.7 cm³/mol. The number of hydrogen-bond acceptors (Lipinski definition) is 5. The SMILES string of the molecule is Cn1c(SCC(N)=O)nc2c1c(=O)n(Cc1ccccc1)c(=O)n2C. The molecule has 0 aliphatic carbocycles. The molecule has 2 heterocycles. The van der Waals surface area contributed by atoms with Gasteiger partial charge in [-0.2, -0.15) is 0 Å². The number of benzene rings is 1. The number of thioether (sulfide) groups is 1. The molecule has 8 nitrogen and oxygen atoms in total. The van der Waals surface area contributed by atoms with E-state index in [4.69, 9.17) is 5.73 Å².